The van der Waals surface area contributed by atoms with Crippen molar-refractivity contribution in [2.75, 3.05) is 19.3 Å². The van der Waals surface area contributed by atoms with E-state index in [0.29, 0.717) is 18.7 Å². The van der Waals surface area contributed by atoms with E-state index in [0.717, 1.165) is 19.1 Å². The van der Waals surface area contributed by atoms with Gasteiger partial charge in [0.2, 0.25) is 10.0 Å². The number of nitrogens with two attached hydrogens (primary N) is 1. The second-order valence-electron chi connectivity index (χ2n) is 5.36. The largest absolute Gasteiger partial charge is 0.329 e. The SMILES string of the molecule is CS(=O)(=O)Cc1ccc(S(=O)(=O)N2CCC[C@@H]2CN)cc1. The van der Waals surface area contributed by atoms with Gasteiger partial charge in [0.15, 0.2) is 9.84 Å². The van der Waals surface area contributed by atoms with Crippen LogP contribution >= 0.6 is 0 Å². The lowest BCUT2D eigenvalue weighted by atomic mass is 10.2. The fraction of sp³-hybridized carbons (Fsp3) is 0.538. The van der Waals surface area contributed by atoms with Gasteiger partial charge in [-0.05, 0) is 30.5 Å². The summed E-state index contributed by atoms with van der Waals surface area (Å²) in [6.07, 6.45) is 2.74. The number of hydrogen-bond donors (Lipinski definition) is 1. The summed E-state index contributed by atoms with van der Waals surface area (Å²) in [5, 5.41) is 0. The molecule has 6 nitrogen and oxygen atoms in total. The molecule has 1 aromatic rings. The highest BCUT2D eigenvalue weighted by atomic mass is 32.2. The Kier molecular flexibility index (Phi) is 4.72. The molecule has 1 saturated heterocycles. The Labute approximate surface area is 125 Å². The van der Waals surface area contributed by atoms with Crippen molar-refractivity contribution in [2.24, 2.45) is 5.73 Å². The normalized spacial score (nSPS) is 20.8. The third-order valence-corrected chi connectivity index (χ3v) is 6.38. The minimum Gasteiger partial charge on any atom is -0.329 e. The summed E-state index contributed by atoms with van der Waals surface area (Å²) in [5.41, 5.74) is 6.20. The zero-order chi connectivity index (χ0) is 15.7. The Morgan fingerprint density at radius 2 is 1.81 bits per heavy atom. The summed E-state index contributed by atoms with van der Waals surface area (Å²) in [7, 11) is -6.69. The Bertz CT molecular complexity index is 696. The smallest absolute Gasteiger partial charge is 0.243 e. The predicted octanol–water partition coefficient (Wildman–Crippen LogP) is 0.343. The van der Waals surface area contributed by atoms with Gasteiger partial charge in [0.25, 0.3) is 0 Å². The molecule has 118 valence electrons. The van der Waals surface area contributed by atoms with E-state index >= 15 is 0 Å². The van der Waals surface area contributed by atoms with Crippen molar-refractivity contribution in [3.8, 4) is 0 Å². The zero-order valence-corrected chi connectivity index (χ0v) is 13.5. The van der Waals surface area contributed by atoms with Crippen molar-refractivity contribution >= 4 is 19.9 Å². The van der Waals surface area contributed by atoms with Crippen LogP contribution in [-0.4, -0.2) is 46.5 Å². The van der Waals surface area contributed by atoms with E-state index < -0.39 is 19.9 Å². The Morgan fingerprint density at radius 1 is 1.19 bits per heavy atom. The monoisotopic (exact) mass is 332 g/mol. The van der Waals surface area contributed by atoms with E-state index in [1.807, 2.05) is 0 Å². The molecule has 1 heterocycles. The molecular formula is C13H20N2O4S2. The predicted molar refractivity (Wildman–Crippen MR) is 81.0 cm³/mol. The molecule has 1 aliphatic heterocycles. The maximum absolute atomic E-state index is 12.6. The Morgan fingerprint density at radius 3 is 2.33 bits per heavy atom. The van der Waals surface area contributed by atoms with Gasteiger partial charge in [-0.15, -0.1) is 0 Å². The number of benzene rings is 1. The molecule has 1 aromatic carbocycles. The maximum Gasteiger partial charge on any atom is 0.243 e. The number of nitrogens with zero attached hydrogens (tertiary/aromatic N) is 1. The summed E-state index contributed by atoms with van der Waals surface area (Å²) < 4.78 is 49.0. The van der Waals surface area contributed by atoms with Crippen LogP contribution in [0.5, 0.6) is 0 Å². The van der Waals surface area contributed by atoms with Gasteiger partial charge in [-0.25, -0.2) is 16.8 Å². The first kappa shape index (κ1) is 16.4. The van der Waals surface area contributed by atoms with E-state index in [1.54, 1.807) is 12.1 Å². The molecule has 1 atom stereocenters. The van der Waals surface area contributed by atoms with Crippen LogP contribution in [0, 0.1) is 0 Å². The van der Waals surface area contributed by atoms with Crippen molar-refractivity contribution in [1.82, 2.24) is 4.31 Å². The van der Waals surface area contributed by atoms with Crippen LogP contribution in [0.4, 0.5) is 0 Å². The summed E-state index contributed by atoms with van der Waals surface area (Å²) in [6, 6.07) is 5.86. The van der Waals surface area contributed by atoms with Gasteiger partial charge < -0.3 is 5.73 Å². The summed E-state index contributed by atoms with van der Waals surface area (Å²) in [6.45, 7) is 0.792. The maximum atomic E-state index is 12.6. The second-order valence-corrected chi connectivity index (χ2v) is 9.39. The average molecular weight is 332 g/mol. The van der Waals surface area contributed by atoms with Crippen LogP contribution in [0.3, 0.4) is 0 Å². The van der Waals surface area contributed by atoms with Crippen LogP contribution in [0.25, 0.3) is 0 Å². The van der Waals surface area contributed by atoms with Crippen LogP contribution in [-0.2, 0) is 25.6 Å². The van der Waals surface area contributed by atoms with Gasteiger partial charge in [-0.1, -0.05) is 12.1 Å². The summed E-state index contributed by atoms with van der Waals surface area (Å²) in [5.74, 6) is -0.0948. The quantitative estimate of drug-likeness (QED) is 0.839. The van der Waals surface area contributed by atoms with Crippen LogP contribution < -0.4 is 5.73 Å². The first-order chi connectivity index (χ1) is 9.74. The van der Waals surface area contributed by atoms with Crippen LogP contribution in [0.15, 0.2) is 29.2 Å². The van der Waals surface area contributed by atoms with Crippen LogP contribution in [0.1, 0.15) is 18.4 Å². The Hall–Kier alpha value is -0.960. The standard InChI is InChI=1S/C13H20N2O4S2/c1-20(16,17)10-11-4-6-13(7-5-11)21(18,19)15-8-2-3-12(15)9-14/h4-7,12H,2-3,8-10,14H2,1H3/t12-/m1/s1. The molecule has 1 aliphatic rings. The molecular weight excluding hydrogens is 312 g/mol. The molecule has 0 aromatic heterocycles. The zero-order valence-electron chi connectivity index (χ0n) is 11.9. The van der Waals surface area contributed by atoms with Crippen molar-refractivity contribution in [2.45, 2.75) is 29.5 Å². The molecule has 0 radical (unpaired) electrons. The van der Waals surface area contributed by atoms with Crippen molar-refractivity contribution in [3.05, 3.63) is 29.8 Å². The molecule has 2 N–H and O–H groups in total. The lowest BCUT2D eigenvalue weighted by Crippen LogP contribution is -2.39. The average Bonchev–Trinajstić information content (AvgIpc) is 2.86. The first-order valence-electron chi connectivity index (χ1n) is 6.72. The minimum atomic E-state index is -3.56. The number of hydrogen-bond acceptors (Lipinski definition) is 5. The molecule has 2 rings (SSSR count). The lowest BCUT2D eigenvalue weighted by Gasteiger charge is -2.22. The number of sulfonamides is 1. The third kappa shape index (κ3) is 3.82. The van der Waals surface area contributed by atoms with Gasteiger partial charge in [-0.2, -0.15) is 4.31 Å². The van der Waals surface area contributed by atoms with E-state index in [4.69, 9.17) is 5.73 Å². The van der Waals surface area contributed by atoms with Crippen molar-refractivity contribution < 1.29 is 16.8 Å². The molecule has 0 unspecified atom stereocenters. The van der Waals surface area contributed by atoms with E-state index in [9.17, 15) is 16.8 Å². The van der Waals surface area contributed by atoms with E-state index in [1.165, 1.54) is 16.4 Å². The van der Waals surface area contributed by atoms with Gasteiger partial charge >= 0.3 is 0 Å². The molecule has 0 bridgehead atoms. The molecule has 0 aliphatic carbocycles. The van der Waals surface area contributed by atoms with Crippen molar-refractivity contribution in [3.63, 3.8) is 0 Å². The minimum absolute atomic E-state index is 0.0948. The van der Waals surface area contributed by atoms with Gasteiger partial charge in [0.1, 0.15) is 0 Å². The van der Waals surface area contributed by atoms with Crippen LogP contribution in [0.2, 0.25) is 0 Å². The topological polar surface area (TPSA) is 97.5 Å². The number of sulfone groups is 1. The highest BCUT2D eigenvalue weighted by Crippen LogP contribution is 2.25. The molecule has 1 fully saturated rings. The van der Waals surface area contributed by atoms with Crippen molar-refractivity contribution in [1.29, 1.82) is 0 Å². The highest BCUT2D eigenvalue weighted by Gasteiger charge is 2.34. The summed E-state index contributed by atoms with van der Waals surface area (Å²) in [4.78, 5) is 0.181. The van der Waals surface area contributed by atoms with Gasteiger partial charge in [0, 0.05) is 25.4 Å². The first-order valence-corrected chi connectivity index (χ1v) is 10.2. The lowest BCUT2D eigenvalue weighted by molar-refractivity contribution is 0.393. The van der Waals surface area contributed by atoms with Gasteiger partial charge in [0.05, 0.1) is 10.6 Å². The molecule has 0 spiro atoms. The Balaban J connectivity index is 2.25. The molecule has 21 heavy (non-hydrogen) atoms. The van der Waals surface area contributed by atoms with Gasteiger partial charge in [-0.3, -0.25) is 0 Å². The van der Waals surface area contributed by atoms with E-state index in [2.05, 4.69) is 0 Å². The molecule has 8 heteroatoms. The number of rotatable bonds is 5. The van der Waals surface area contributed by atoms with E-state index in [-0.39, 0.29) is 16.7 Å². The molecule has 0 saturated carbocycles. The fourth-order valence-corrected chi connectivity index (χ4v) is 5.06. The third-order valence-electron chi connectivity index (χ3n) is 3.55. The highest BCUT2D eigenvalue weighted by molar-refractivity contribution is 7.90. The fourth-order valence-electron chi connectivity index (χ4n) is 2.56. The molecule has 0 amide bonds. The second kappa shape index (κ2) is 6.04. The summed E-state index contributed by atoms with van der Waals surface area (Å²) >= 11 is 0.